The second-order valence-electron chi connectivity index (χ2n) is 5.90. The first-order valence-electron chi connectivity index (χ1n) is 5.85. The van der Waals surface area contributed by atoms with Crippen molar-refractivity contribution < 1.29 is 4.79 Å². The first kappa shape index (κ1) is 15.4. The molecule has 0 saturated carbocycles. The van der Waals surface area contributed by atoms with Gasteiger partial charge in [-0.15, -0.1) is 0 Å². The maximum atomic E-state index is 11.7. The summed E-state index contributed by atoms with van der Waals surface area (Å²) in [6, 6.07) is 0.122. The molecule has 4 heteroatoms. The smallest absolute Gasteiger partial charge is 0.251 e. The molecule has 4 nitrogen and oxygen atoms in total. The molecule has 0 aliphatic carbocycles. The molecule has 0 aromatic rings. The number of likely N-dealkylation sites (N-methyl/N-ethyl adjacent to an activating group) is 1. The van der Waals surface area contributed by atoms with Gasteiger partial charge in [-0.25, -0.2) is 5.84 Å². The van der Waals surface area contributed by atoms with Crippen molar-refractivity contribution in [1.29, 1.82) is 0 Å². The third kappa shape index (κ3) is 3.76. The first-order chi connectivity index (χ1) is 7.12. The van der Waals surface area contributed by atoms with Gasteiger partial charge in [0.2, 0.25) is 0 Å². The van der Waals surface area contributed by atoms with Crippen molar-refractivity contribution in [2.45, 2.75) is 53.6 Å². The number of nitrogens with zero attached hydrogens (tertiary/aromatic N) is 1. The summed E-state index contributed by atoms with van der Waals surface area (Å²) in [5.74, 6) is 5.35. The topological polar surface area (TPSA) is 58.4 Å². The van der Waals surface area contributed by atoms with Crippen molar-refractivity contribution in [2.75, 3.05) is 7.05 Å². The van der Waals surface area contributed by atoms with Crippen molar-refractivity contribution in [2.24, 2.45) is 17.2 Å². The van der Waals surface area contributed by atoms with Gasteiger partial charge in [-0.05, 0) is 25.3 Å². The molecule has 0 aliphatic rings. The summed E-state index contributed by atoms with van der Waals surface area (Å²) in [6.45, 7) is 12.7. The molecule has 0 heterocycles. The van der Waals surface area contributed by atoms with Gasteiger partial charge in [-0.1, -0.05) is 34.6 Å². The SMILES string of the molecule is CC(C)C(C(=O)NN)N(C)C(C)C(C)(C)C. The van der Waals surface area contributed by atoms with E-state index in [0.29, 0.717) is 6.04 Å². The van der Waals surface area contributed by atoms with E-state index < -0.39 is 0 Å². The van der Waals surface area contributed by atoms with Crippen LogP contribution < -0.4 is 11.3 Å². The third-order valence-electron chi connectivity index (χ3n) is 3.35. The maximum Gasteiger partial charge on any atom is 0.251 e. The van der Waals surface area contributed by atoms with E-state index in [9.17, 15) is 4.79 Å². The molecule has 0 saturated heterocycles. The number of hydrazine groups is 1. The second-order valence-corrected chi connectivity index (χ2v) is 5.90. The van der Waals surface area contributed by atoms with Gasteiger partial charge in [0.15, 0.2) is 0 Å². The van der Waals surface area contributed by atoms with E-state index in [1.165, 1.54) is 0 Å². The molecule has 0 rings (SSSR count). The average Bonchev–Trinajstić information content (AvgIpc) is 2.14. The molecular formula is C12H27N3O. The largest absolute Gasteiger partial charge is 0.293 e. The van der Waals surface area contributed by atoms with E-state index in [4.69, 9.17) is 5.84 Å². The normalized spacial score (nSPS) is 16.4. The maximum absolute atomic E-state index is 11.7. The van der Waals surface area contributed by atoms with Crippen molar-refractivity contribution in [1.82, 2.24) is 10.3 Å². The quantitative estimate of drug-likeness (QED) is 0.435. The summed E-state index contributed by atoms with van der Waals surface area (Å²) in [5, 5.41) is 0. The molecule has 0 radical (unpaired) electrons. The standard InChI is InChI=1S/C12H27N3O/c1-8(2)10(11(16)14-13)15(7)9(3)12(4,5)6/h8-10H,13H2,1-7H3,(H,14,16). The molecular weight excluding hydrogens is 202 g/mol. The van der Waals surface area contributed by atoms with Gasteiger partial charge in [0, 0.05) is 6.04 Å². The Morgan fingerprint density at radius 2 is 1.69 bits per heavy atom. The number of nitrogens with one attached hydrogen (secondary N) is 1. The van der Waals surface area contributed by atoms with Gasteiger partial charge in [0.1, 0.15) is 0 Å². The van der Waals surface area contributed by atoms with Crippen LogP contribution in [-0.4, -0.2) is 29.9 Å². The van der Waals surface area contributed by atoms with Crippen LogP contribution in [0.3, 0.4) is 0 Å². The number of hydrogen-bond acceptors (Lipinski definition) is 3. The molecule has 0 fully saturated rings. The zero-order valence-corrected chi connectivity index (χ0v) is 11.7. The fraction of sp³-hybridized carbons (Fsp3) is 0.917. The minimum absolute atomic E-state index is 0.117. The second kappa shape index (κ2) is 5.64. The highest BCUT2D eigenvalue weighted by Crippen LogP contribution is 2.26. The van der Waals surface area contributed by atoms with Crippen LogP contribution in [-0.2, 0) is 4.79 Å². The average molecular weight is 229 g/mol. The Bertz CT molecular complexity index is 233. The van der Waals surface area contributed by atoms with Crippen LogP contribution in [0.15, 0.2) is 0 Å². The molecule has 0 aliphatic heterocycles. The van der Waals surface area contributed by atoms with E-state index in [0.717, 1.165) is 0 Å². The molecule has 3 N–H and O–H groups in total. The first-order valence-corrected chi connectivity index (χ1v) is 5.85. The zero-order valence-electron chi connectivity index (χ0n) is 11.7. The lowest BCUT2D eigenvalue weighted by molar-refractivity contribution is -0.129. The molecule has 2 unspecified atom stereocenters. The van der Waals surface area contributed by atoms with Crippen LogP contribution >= 0.6 is 0 Å². The van der Waals surface area contributed by atoms with E-state index in [-0.39, 0.29) is 23.3 Å². The predicted octanol–water partition coefficient (Wildman–Crippen LogP) is 1.37. The minimum atomic E-state index is -0.181. The molecule has 1 amide bonds. The van der Waals surface area contributed by atoms with Gasteiger partial charge in [-0.3, -0.25) is 15.1 Å². The van der Waals surface area contributed by atoms with Crippen LogP contribution in [0.25, 0.3) is 0 Å². The van der Waals surface area contributed by atoms with Crippen molar-refractivity contribution in [3.8, 4) is 0 Å². The Hall–Kier alpha value is -0.610. The Labute approximate surface area is 99.5 Å². The van der Waals surface area contributed by atoms with Crippen LogP contribution in [0.5, 0.6) is 0 Å². The van der Waals surface area contributed by atoms with Gasteiger partial charge in [0.25, 0.3) is 5.91 Å². The zero-order chi connectivity index (χ0) is 13.1. The summed E-state index contributed by atoms with van der Waals surface area (Å²) >= 11 is 0. The van der Waals surface area contributed by atoms with E-state index in [1.54, 1.807) is 0 Å². The molecule has 16 heavy (non-hydrogen) atoms. The number of nitrogens with two attached hydrogens (primary N) is 1. The predicted molar refractivity (Wildman–Crippen MR) is 67.6 cm³/mol. The highest BCUT2D eigenvalue weighted by molar-refractivity contribution is 5.81. The monoisotopic (exact) mass is 229 g/mol. The summed E-state index contributed by atoms with van der Waals surface area (Å²) in [7, 11) is 1.98. The molecule has 96 valence electrons. The van der Waals surface area contributed by atoms with Crippen LogP contribution in [0, 0.1) is 11.3 Å². The van der Waals surface area contributed by atoms with Gasteiger partial charge >= 0.3 is 0 Å². The molecule has 2 atom stereocenters. The van der Waals surface area contributed by atoms with Gasteiger partial charge in [-0.2, -0.15) is 0 Å². The van der Waals surface area contributed by atoms with E-state index >= 15 is 0 Å². The fourth-order valence-electron chi connectivity index (χ4n) is 1.90. The Morgan fingerprint density at radius 3 is 1.94 bits per heavy atom. The number of carbonyl (C=O) groups is 1. The van der Waals surface area contributed by atoms with E-state index in [1.807, 2.05) is 20.9 Å². The van der Waals surface area contributed by atoms with Crippen molar-refractivity contribution in [3.05, 3.63) is 0 Å². The minimum Gasteiger partial charge on any atom is -0.293 e. The third-order valence-corrected chi connectivity index (χ3v) is 3.35. The van der Waals surface area contributed by atoms with Crippen molar-refractivity contribution >= 4 is 5.91 Å². The molecule has 0 spiro atoms. The Morgan fingerprint density at radius 1 is 1.25 bits per heavy atom. The summed E-state index contributed by atoms with van der Waals surface area (Å²) < 4.78 is 0. The summed E-state index contributed by atoms with van der Waals surface area (Å²) in [4.78, 5) is 13.9. The highest BCUT2D eigenvalue weighted by atomic mass is 16.2. The summed E-state index contributed by atoms with van der Waals surface area (Å²) in [5.41, 5.74) is 2.39. The van der Waals surface area contributed by atoms with Crippen molar-refractivity contribution in [3.63, 3.8) is 0 Å². The van der Waals surface area contributed by atoms with Crippen LogP contribution in [0.4, 0.5) is 0 Å². The Balaban J connectivity index is 4.88. The molecule has 0 bridgehead atoms. The lowest BCUT2D eigenvalue weighted by Crippen LogP contribution is -2.55. The number of rotatable bonds is 4. The molecule has 0 aromatic carbocycles. The number of hydrogen-bond donors (Lipinski definition) is 2. The highest BCUT2D eigenvalue weighted by Gasteiger charge is 2.33. The molecule has 0 aromatic heterocycles. The van der Waals surface area contributed by atoms with Gasteiger partial charge < -0.3 is 0 Å². The summed E-state index contributed by atoms with van der Waals surface area (Å²) in [6.07, 6.45) is 0. The number of amides is 1. The number of carbonyl (C=O) groups excluding carboxylic acids is 1. The van der Waals surface area contributed by atoms with Crippen LogP contribution in [0.1, 0.15) is 41.5 Å². The van der Waals surface area contributed by atoms with Gasteiger partial charge in [0.05, 0.1) is 6.04 Å². The lowest BCUT2D eigenvalue weighted by Gasteiger charge is -2.40. The fourth-order valence-corrected chi connectivity index (χ4v) is 1.90. The van der Waals surface area contributed by atoms with E-state index in [2.05, 4.69) is 38.0 Å². The Kier molecular flexibility index (Phi) is 5.42. The lowest BCUT2D eigenvalue weighted by atomic mass is 9.85. The van der Waals surface area contributed by atoms with Crippen LogP contribution in [0.2, 0.25) is 0 Å².